The number of hydrogen-bond acceptors (Lipinski definition) is 5. The molecule has 0 aliphatic carbocycles. The minimum Gasteiger partial charge on any atom is -0.368 e. The lowest BCUT2D eigenvalue weighted by molar-refractivity contribution is -0.120. The number of carbonyl (C=O) groups excluding carboxylic acids is 1. The van der Waals surface area contributed by atoms with Gasteiger partial charge in [0.1, 0.15) is 0 Å². The average Bonchev–Trinajstić information content (AvgIpc) is 2.81. The second kappa shape index (κ2) is 6.05. The Morgan fingerprint density at radius 2 is 2.16 bits per heavy atom. The minimum atomic E-state index is -0.510. The summed E-state index contributed by atoms with van der Waals surface area (Å²) in [7, 11) is 1.67. The van der Waals surface area contributed by atoms with E-state index in [4.69, 9.17) is 5.73 Å². The van der Waals surface area contributed by atoms with Crippen LogP contribution >= 0.6 is 0 Å². The first-order chi connectivity index (χ1) is 9.15. The third-order valence-corrected chi connectivity index (χ3v) is 2.68. The Kier molecular flexibility index (Phi) is 4.19. The Balaban J connectivity index is 1.95. The zero-order chi connectivity index (χ0) is 13.7. The zero-order valence-electron chi connectivity index (χ0n) is 10.7. The van der Waals surface area contributed by atoms with Crippen LogP contribution in [0.3, 0.4) is 0 Å². The molecule has 1 unspecified atom stereocenters. The number of nitrogens with zero attached hydrogens (tertiary/aromatic N) is 4. The van der Waals surface area contributed by atoms with Gasteiger partial charge < -0.3 is 11.1 Å². The maximum Gasteiger partial charge on any atom is 0.235 e. The molecule has 2 aromatic rings. The molecule has 0 aliphatic rings. The van der Waals surface area contributed by atoms with Crippen LogP contribution in [0.15, 0.2) is 30.3 Å². The molecule has 7 nitrogen and oxygen atoms in total. The minimum absolute atomic E-state index is 0.329. The van der Waals surface area contributed by atoms with Gasteiger partial charge in [0.2, 0.25) is 5.91 Å². The van der Waals surface area contributed by atoms with Gasteiger partial charge in [-0.2, -0.15) is 4.80 Å². The zero-order valence-corrected chi connectivity index (χ0v) is 10.7. The molecular formula is C12H16N6O. The predicted octanol–water partition coefficient (Wildman–Crippen LogP) is -0.604. The van der Waals surface area contributed by atoms with Gasteiger partial charge in [-0.3, -0.25) is 4.79 Å². The number of rotatable bonds is 6. The van der Waals surface area contributed by atoms with Gasteiger partial charge in [0.15, 0.2) is 5.82 Å². The van der Waals surface area contributed by atoms with E-state index in [1.807, 2.05) is 30.3 Å². The summed E-state index contributed by atoms with van der Waals surface area (Å²) in [6, 6.07) is 9.28. The normalized spacial score (nSPS) is 12.3. The summed E-state index contributed by atoms with van der Waals surface area (Å²) in [5.41, 5.74) is 6.46. The van der Waals surface area contributed by atoms with Gasteiger partial charge in [-0.1, -0.05) is 30.3 Å². The summed E-state index contributed by atoms with van der Waals surface area (Å²) in [5, 5.41) is 14.7. The van der Waals surface area contributed by atoms with Gasteiger partial charge in [-0.15, -0.1) is 10.2 Å². The molecule has 1 atom stereocenters. The SMILES string of the molecule is Cn1nnc(CC(NCc2ccccc2)C(N)=O)n1. The van der Waals surface area contributed by atoms with Gasteiger partial charge in [0, 0.05) is 13.0 Å². The number of hydrogen-bond donors (Lipinski definition) is 2. The number of nitrogens with two attached hydrogens (primary N) is 1. The summed E-state index contributed by atoms with van der Waals surface area (Å²) in [6.07, 6.45) is 0.329. The van der Waals surface area contributed by atoms with Crippen LogP contribution < -0.4 is 11.1 Å². The first kappa shape index (κ1) is 13.2. The lowest BCUT2D eigenvalue weighted by Crippen LogP contribution is -2.42. The van der Waals surface area contributed by atoms with E-state index in [2.05, 4.69) is 20.7 Å². The molecule has 0 spiro atoms. The maximum atomic E-state index is 11.4. The molecule has 0 saturated heterocycles. The van der Waals surface area contributed by atoms with Crippen LogP contribution in [-0.4, -0.2) is 32.2 Å². The van der Waals surface area contributed by atoms with Crippen molar-refractivity contribution in [2.75, 3.05) is 0 Å². The second-order valence-electron chi connectivity index (χ2n) is 4.22. The van der Waals surface area contributed by atoms with Crippen LogP contribution in [0.5, 0.6) is 0 Å². The largest absolute Gasteiger partial charge is 0.368 e. The molecule has 0 aliphatic heterocycles. The van der Waals surface area contributed by atoms with E-state index < -0.39 is 11.9 Å². The highest BCUT2D eigenvalue weighted by Gasteiger charge is 2.17. The van der Waals surface area contributed by atoms with Gasteiger partial charge >= 0.3 is 0 Å². The van der Waals surface area contributed by atoms with Crippen LogP contribution in [0, 0.1) is 0 Å². The standard InChI is InChI=1S/C12H16N6O/c1-18-16-11(15-17-18)7-10(12(13)19)14-8-9-5-3-2-4-6-9/h2-6,10,14H,7-8H2,1H3,(H2,13,19). The molecule has 1 aromatic heterocycles. The van der Waals surface area contributed by atoms with Crippen LogP contribution in [0.2, 0.25) is 0 Å². The van der Waals surface area contributed by atoms with Crippen LogP contribution in [0.4, 0.5) is 0 Å². The Morgan fingerprint density at radius 1 is 1.42 bits per heavy atom. The first-order valence-corrected chi connectivity index (χ1v) is 5.94. The summed E-state index contributed by atoms with van der Waals surface area (Å²) in [4.78, 5) is 12.8. The van der Waals surface area contributed by atoms with E-state index in [0.29, 0.717) is 18.8 Å². The molecule has 0 radical (unpaired) electrons. The average molecular weight is 260 g/mol. The molecule has 7 heteroatoms. The lowest BCUT2D eigenvalue weighted by atomic mass is 10.1. The first-order valence-electron chi connectivity index (χ1n) is 5.94. The van der Waals surface area contributed by atoms with E-state index in [1.54, 1.807) is 7.05 Å². The van der Waals surface area contributed by atoms with Crippen molar-refractivity contribution >= 4 is 5.91 Å². The maximum absolute atomic E-state index is 11.4. The molecule has 100 valence electrons. The topological polar surface area (TPSA) is 98.7 Å². The number of tetrazole rings is 1. The summed E-state index contributed by atoms with van der Waals surface area (Å²) in [6.45, 7) is 0.564. The highest BCUT2D eigenvalue weighted by Crippen LogP contribution is 2.00. The van der Waals surface area contributed by atoms with Crippen molar-refractivity contribution < 1.29 is 4.79 Å². The number of aryl methyl sites for hydroxylation is 1. The van der Waals surface area contributed by atoms with Gasteiger partial charge in [0.25, 0.3) is 0 Å². The quantitative estimate of drug-likeness (QED) is 0.722. The van der Waals surface area contributed by atoms with E-state index >= 15 is 0 Å². The monoisotopic (exact) mass is 260 g/mol. The highest BCUT2D eigenvalue weighted by atomic mass is 16.1. The Hall–Kier alpha value is -2.28. The number of carbonyl (C=O) groups is 1. The fourth-order valence-corrected chi connectivity index (χ4v) is 1.70. The molecule has 1 amide bonds. The molecule has 0 bridgehead atoms. The molecule has 0 saturated carbocycles. The molecule has 1 aromatic carbocycles. The number of primary amides is 1. The summed E-state index contributed by atoms with van der Waals surface area (Å²) < 4.78 is 0. The molecule has 2 rings (SSSR count). The Labute approximate surface area is 110 Å². The predicted molar refractivity (Wildman–Crippen MR) is 68.8 cm³/mol. The van der Waals surface area contributed by atoms with Crippen molar-refractivity contribution in [1.29, 1.82) is 0 Å². The molecular weight excluding hydrogens is 244 g/mol. The van der Waals surface area contributed by atoms with Crippen molar-refractivity contribution in [3.05, 3.63) is 41.7 Å². The third kappa shape index (κ3) is 3.85. The van der Waals surface area contributed by atoms with E-state index in [-0.39, 0.29) is 0 Å². The summed E-state index contributed by atoms with van der Waals surface area (Å²) >= 11 is 0. The van der Waals surface area contributed by atoms with Gasteiger partial charge in [-0.05, 0) is 10.8 Å². The van der Waals surface area contributed by atoms with Crippen molar-refractivity contribution in [3.8, 4) is 0 Å². The van der Waals surface area contributed by atoms with Crippen molar-refractivity contribution in [3.63, 3.8) is 0 Å². The van der Waals surface area contributed by atoms with Crippen LogP contribution in [0.1, 0.15) is 11.4 Å². The number of aromatic nitrogens is 4. The number of nitrogens with one attached hydrogen (secondary N) is 1. The fourth-order valence-electron chi connectivity index (χ4n) is 1.70. The van der Waals surface area contributed by atoms with Crippen molar-refractivity contribution in [2.45, 2.75) is 19.0 Å². The second-order valence-corrected chi connectivity index (χ2v) is 4.22. The van der Waals surface area contributed by atoms with E-state index in [1.165, 1.54) is 4.80 Å². The Morgan fingerprint density at radius 3 is 2.74 bits per heavy atom. The third-order valence-electron chi connectivity index (χ3n) is 2.68. The molecule has 1 heterocycles. The number of amides is 1. The summed E-state index contributed by atoms with van der Waals surface area (Å²) in [5.74, 6) is 0.0650. The van der Waals surface area contributed by atoms with Crippen molar-refractivity contribution in [2.24, 2.45) is 12.8 Å². The van der Waals surface area contributed by atoms with Gasteiger partial charge in [0.05, 0.1) is 13.1 Å². The van der Waals surface area contributed by atoms with E-state index in [0.717, 1.165) is 5.56 Å². The molecule has 0 fully saturated rings. The number of benzene rings is 1. The van der Waals surface area contributed by atoms with E-state index in [9.17, 15) is 4.79 Å². The Bertz CT molecular complexity index is 538. The fraction of sp³-hybridized carbons (Fsp3) is 0.333. The van der Waals surface area contributed by atoms with Crippen molar-refractivity contribution in [1.82, 2.24) is 25.5 Å². The molecule has 3 N–H and O–H groups in total. The smallest absolute Gasteiger partial charge is 0.235 e. The van der Waals surface area contributed by atoms with Crippen LogP contribution in [-0.2, 0) is 24.8 Å². The highest BCUT2D eigenvalue weighted by molar-refractivity contribution is 5.80. The lowest BCUT2D eigenvalue weighted by Gasteiger charge is -2.13. The van der Waals surface area contributed by atoms with Crippen LogP contribution in [0.25, 0.3) is 0 Å². The molecule has 19 heavy (non-hydrogen) atoms. The van der Waals surface area contributed by atoms with Gasteiger partial charge in [-0.25, -0.2) is 0 Å².